The Labute approximate surface area is 189 Å². The molecule has 0 amide bonds. The fraction of sp³-hybridized carbons (Fsp3) is 0.917. The Morgan fingerprint density at radius 3 is 1.87 bits per heavy atom. The minimum atomic E-state index is -0.418. The van der Waals surface area contributed by atoms with E-state index < -0.39 is 11.9 Å². The first-order valence-electron chi connectivity index (χ1n) is 12.2. The molecule has 0 fully saturated rings. The van der Waals surface area contributed by atoms with Crippen molar-refractivity contribution in [1.29, 1.82) is 0 Å². The van der Waals surface area contributed by atoms with Crippen molar-refractivity contribution in [1.82, 2.24) is 0 Å². The first kappa shape index (κ1) is 30.0. The van der Waals surface area contributed by atoms with Crippen molar-refractivity contribution >= 4 is 11.9 Å². The molecule has 1 N–H and O–H groups in total. The molecule has 0 aliphatic heterocycles. The Bertz CT molecular complexity index is 415. The predicted molar refractivity (Wildman–Crippen MR) is 121 cm³/mol. The third-order valence-corrected chi connectivity index (χ3v) is 5.01. The van der Waals surface area contributed by atoms with Gasteiger partial charge in [0.15, 0.2) is 0 Å². The number of unbranched alkanes of at least 4 members (excludes halogenated alkanes) is 7. The smallest absolute Gasteiger partial charge is 0.313 e. The van der Waals surface area contributed by atoms with E-state index in [0.29, 0.717) is 45.9 Å². The lowest BCUT2D eigenvalue weighted by atomic mass is 10.1. The molecule has 0 radical (unpaired) electrons. The number of aliphatic hydroxyl groups is 1. The van der Waals surface area contributed by atoms with E-state index in [1.807, 2.05) is 0 Å². The van der Waals surface area contributed by atoms with Crippen LogP contribution in [0.5, 0.6) is 0 Å². The molecule has 0 bridgehead atoms. The Morgan fingerprint density at radius 1 is 0.710 bits per heavy atom. The summed E-state index contributed by atoms with van der Waals surface area (Å²) in [5.74, 6) is -0.811. The zero-order valence-corrected chi connectivity index (χ0v) is 19.9. The first-order valence-corrected chi connectivity index (χ1v) is 12.2. The van der Waals surface area contributed by atoms with Gasteiger partial charge in [-0.2, -0.15) is 0 Å². The fourth-order valence-corrected chi connectivity index (χ4v) is 3.16. The second-order valence-electron chi connectivity index (χ2n) is 7.81. The SMILES string of the molecule is CCCCCCCCCC(=O)OC(=O)CCCCC(CC)OCCOCCOCCO. The summed E-state index contributed by atoms with van der Waals surface area (Å²) >= 11 is 0. The minimum Gasteiger partial charge on any atom is -0.394 e. The molecule has 0 aromatic carbocycles. The van der Waals surface area contributed by atoms with Crippen LogP contribution in [0.4, 0.5) is 0 Å². The lowest BCUT2D eigenvalue weighted by Crippen LogP contribution is -2.17. The van der Waals surface area contributed by atoms with Crippen LogP contribution >= 0.6 is 0 Å². The van der Waals surface area contributed by atoms with Crippen molar-refractivity contribution < 1.29 is 33.6 Å². The Balaban J connectivity index is 3.58. The largest absolute Gasteiger partial charge is 0.394 e. The van der Waals surface area contributed by atoms with Crippen LogP contribution in [0, 0.1) is 0 Å². The monoisotopic (exact) mass is 446 g/mol. The number of aliphatic hydroxyl groups excluding tert-OH is 1. The molecule has 7 heteroatoms. The van der Waals surface area contributed by atoms with Crippen molar-refractivity contribution in [2.75, 3.05) is 39.6 Å². The Kier molecular flexibility index (Phi) is 22.9. The molecule has 1 atom stereocenters. The molecule has 0 aromatic rings. The predicted octanol–water partition coefficient (Wildman–Crippen LogP) is 4.58. The molecule has 0 saturated heterocycles. The highest BCUT2D eigenvalue weighted by Crippen LogP contribution is 2.12. The fourth-order valence-electron chi connectivity index (χ4n) is 3.16. The van der Waals surface area contributed by atoms with Gasteiger partial charge >= 0.3 is 11.9 Å². The van der Waals surface area contributed by atoms with Gasteiger partial charge in [-0.3, -0.25) is 9.59 Å². The summed E-state index contributed by atoms with van der Waals surface area (Å²) in [7, 11) is 0. The number of rotatable bonds is 23. The van der Waals surface area contributed by atoms with Gasteiger partial charge in [0.25, 0.3) is 0 Å². The zero-order chi connectivity index (χ0) is 23.0. The number of carbonyl (C=O) groups excluding carboxylic acids is 2. The molecule has 0 heterocycles. The average molecular weight is 447 g/mol. The van der Waals surface area contributed by atoms with E-state index in [4.69, 9.17) is 24.1 Å². The van der Waals surface area contributed by atoms with Gasteiger partial charge < -0.3 is 24.1 Å². The van der Waals surface area contributed by atoms with Crippen LogP contribution in [0.25, 0.3) is 0 Å². The third kappa shape index (κ3) is 22.0. The molecule has 7 nitrogen and oxygen atoms in total. The maximum atomic E-state index is 11.8. The summed E-state index contributed by atoms with van der Waals surface area (Å²) in [6.07, 6.45) is 12.0. The number of hydrogen-bond acceptors (Lipinski definition) is 7. The van der Waals surface area contributed by atoms with Gasteiger partial charge in [0, 0.05) is 12.8 Å². The van der Waals surface area contributed by atoms with Crippen molar-refractivity contribution in [2.45, 2.75) is 103 Å². The Hall–Kier alpha value is -1.02. The lowest BCUT2D eigenvalue weighted by Gasteiger charge is -2.16. The highest BCUT2D eigenvalue weighted by Gasteiger charge is 2.11. The number of ether oxygens (including phenoxy) is 4. The first-order chi connectivity index (χ1) is 15.1. The number of carbonyl (C=O) groups is 2. The summed E-state index contributed by atoms with van der Waals surface area (Å²) in [6, 6.07) is 0. The van der Waals surface area contributed by atoms with E-state index >= 15 is 0 Å². The van der Waals surface area contributed by atoms with E-state index in [-0.39, 0.29) is 19.1 Å². The van der Waals surface area contributed by atoms with E-state index in [2.05, 4.69) is 13.8 Å². The molecule has 1 unspecified atom stereocenters. The quantitative estimate of drug-likeness (QED) is 0.140. The van der Waals surface area contributed by atoms with Crippen molar-refractivity contribution in [3.63, 3.8) is 0 Å². The normalized spacial score (nSPS) is 12.1. The summed E-state index contributed by atoms with van der Waals surface area (Å²) in [4.78, 5) is 23.5. The van der Waals surface area contributed by atoms with Gasteiger partial charge in [-0.25, -0.2) is 0 Å². The molecular weight excluding hydrogens is 400 g/mol. The maximum absolute atomic E-state index is 11.8. The summed E-state index contributed by atoms with van der Waals surface area (Å²) < 4.78 is 21.2. The van der Waals surface area contributed by atoms with Crippen LogP contribution in [0.15, 0.2) is 0 Å². The molecule has 184 valence electrons. The van der Waals surface area contributed by atoms with Gasteiger partial charge in [0.2, 0.25) is 0 Å². The zero-order valence-electron chi connectivity index (χ0n) is 19.9. The van der Waals surface area contributed by atoms with E-state index in [9.17, 15) is 9.59 Å². The van der Waals surface area contributed by atoms with Gasteiger partial charge in [-0.1, -0.05) is 58.8 Å². The van der Waals surface area contributed by atoms with Crippen molar-refractivity contribution in [3.8, 4) is 0 Å². The molecule has 31 heavy (non-hydrogen) atoms. The lowest BCUT2D eigenvalue weighted by molar-refractivity contribution is -0.159. The molecule has 0 rings (SSSR count). The van der Waals surface area contributed by atoms with Gasteiger partial charge in [-0.05, 0) is 25.7 Å². The second kappa shape index (κ2) is 23.6. The Morgan fingerprint density at radius 2 is 1.26 bits per heavy atom. The second-order valence-corrected chi connectivity index (χ2v) is 7.81. The highest BCUT2D eigenvalue weighted by molar-refractivity contribution is 5.85. The van der Waals surface area contributed by atoms with E-state index in [0.717, 1.165) is 38.5 Å². The van der Waals surface area contributed by atoms with Gasteiger partial charge in [-0.15, -0.1) is 0 Å². The van der Waals surface area contributed by atoms with E-state index in [1.165, 1.54) is 25.7 Å². The standard InChI is InChI=1S/C24H46O7/c1-3-5-6-7-8-9-10-14-23(26)31-24(27)15-12-11-13-22(4-2)30-21-20-29-19-18-28-17-16-25/h22,25H,3-21H2,1-2H3. The average Bonchev–Trinajstić information content (AvgIpc) is 2.76. The van der Waals surface area contributed by atoms with Crippen LogP contribution in [-0.2, 0) is 28.5 Å². The third-order valence-electron chi connectivity index (χ3n) is 5.01. The van der Waals surface area contributed by atoms with Crippen LogP contribution in [-0.4, -0.2) is 62.8 Å². The van der Waals surface area contributed by atoms with Gasteiger partial charge in [0.05, 0.1) is 45.7 Å². The van der Waals surface area contributed by atoms with Crippen LogP contribution in [0.1, 0.15) is 97.3 Å². The molecule has 0 aliphatic carbocycles. The molecular formula is C24H46O7. The minimum absolute atomic E-state index is 0.0224. The molecule has 0 saturated carbocycles. The van der Waals surface area contributed by atoms with Gasteiger partial charge in [0.1, 0.15) is 0 Å². The van der Waals surface area contributed by atoms with E-state index in [1.54, 1.807) is 0 Å². The van der Waals surface area contributed by atoms with Crippen molar-refractivity contribution in [2.24, 2.45) is 0 Å². The van der Waals surface area contributed by atoms with Crippen molar-refractivity contribution in [3.05, 3.63) is 0 Å². The maximum Gasteiger partial charge on any atom is 0.313 e. The summed E-state index contributed by atoms with van der Waals surface area (Å²) in [5, 5.41) is 8.59. The van der Waals surface area contributed by atoms with Crippen LogP contribution in [0.2, 0.25) is 0 Å². The summed E-state index contributed by atoms with van der Waals surface area (Å²) in [5.41, 5.74) is 0. The van der Waals surface area contributed by atoms with Crippen LogP contribution in [0.3, 0.4) is 0 Å². The van der Waals surface area contributed by atoms with Crippen LogP contribution < -0.4 is 0 Å². The topological polar surface area (TPSA) is 91.3 Å². The summed E-state index contributed by atoms with van der Waals surface area (Å²) in [6.45, 7) is 6.61. The highest BCUT2D eigenvalue weighted by atomic mass is 16.6. The number of hydrogen-bond donors (Lipinski definition) is 1. The molecule has 0 aromatic heterocycles. The number of esters is 2. The molecule has 0 spiro atoms. The molecule has 0 aliphatic rings.